The van der Waals surface area contributed by atoms with Crippen LogP contribution in [0.3, 0.4) is 0 Å². The van der Waals surface area contributed by atoms with Crippen LogP contribution in [0.15, 0.2) is 107 Å². The summed E-state index contributed by atoms with van der Waals surface area (Å²) in [5.41, 5.74) is 1.27. The maximum atomic E-state index is 13.0. The molecule has 0 amide bonds. The van der Waals surface area contributed by atoms with Crippen molar-refractivity contribution in [1.29, 1.82) is 0 Å². The van der Waals surface area contributed by atoms with Gasteiger partial charge in [-0.1, -0.05) is 32.9 Å². The molecule has 0 bridgehead atoms. The van der Waals surface area contributed by atoms with Gasteiger partial charge in [0.25, 0.3) is 0 Å². The van der Waals surface area contributed by atoms with Crippen molar-refractivity contribution < 1.29 is 23.0 Å². The first-order chi connectivity index (χ1) is 16.1. The summed E-state index contributed by atoms with van der Waals surface area (Å²) in [7, 11) is -3.69. The Bertz CT molecular complexity index is 1350. The van der Waals surface area contributed by atoms with Crippen LogP contribution in [0.25, 0.3) is 0 Å². The zero-order chi connectivity index (χ0) is 24.3. The highest BCUT2D eigenvalue weighted by atomic mass is 32.2. The van der Waals surface area contributed by atoms with E-state index in [-0.39, 0.29) is 21.0 Å². The minimum Gasteiger partial charge on any atom is -0.508 e. The smallest absolute Gasteiger partial charge is 0.206 e. The van der Waals surface area contributed by atoms with Gasteiger partial charge in [0, 0.05) is 0 Å². The Hall–Kier alpha value is -3.77. The van der Waals surface area contributed by atoms with E-state index in [1.54, 1.807) is 36.4 Å². The van der Waals surface area contributed by atoms with Gasteiger partial charge in [-0.15, -0.1) is 0 Å². The molecule has 0 unspecified atom stereocenters. The van der Waals surface area contributed by atoms with Gasteiger partial charge in [0.15, 0.2) is 0 Å². The van der Waals surface area contributed by atoms with Crippen LogP contribution >= 0.6 is 0 Å². The maximum Gasteiger partial charge on any atom is 0.206 e. The Balaban J connectivity index is 1.45. The summed E-state index contributed by atoms with van der Waals surface area (Å²) in [6.45, 7) is 6.45. The van der Waals surface area contributed by atoms with Crippen molar-refractivity contribution in [1.82, 2.24) is 0 Å². The van der Waals surface area contributed by atoms with Crippen molar-refractivity contribution in [3.63, 3.8) is 0 Å². The second kappa shape index (κ2) is 9.23. The molecule has 0 spiro atoms. The molecule has 4 aromatic carbocycles. The predicted molar refractivity (Wildman–Crippen MR) is 132 cm³/mol. The Morgan fingerprint density at radius 3 is 1.24 bits per heavy atom. The number of benzene rings is 4. The number of phenols is 1. The zero-order valence-corrected chi connectivity index (χ0v) is 20.0. The number of rotatable bonds is 6. The van der Waals surface area contributed by atoms with E-state index in [1.807, 2.05) is 24.3 Å². The van der Waals surface area contributed by atoms with Crippen LogP contribution in [-0.4, -0.2) is 13.5 Å². The average molecular weight is 475 g/mol. The summed E-state index contributed by atoms with van der Waals surface area (Å²) in [6, 6.07) is 26.7. The molecule has 4 rings (SSSR count). The summed E-state index contributed by atoms with van der Waals surface area (Å²) in [4.78, 5) is 0.340. The SMILES string of the molecule is CC(C)(C)c1ccc(Oc2ccc(S(=O)(=O)c3ccc(Oc4ccc(O)cc4)cc3)cc2)cc1. The van der Waals surface area contributed by atoms with Gasteiger partial charge in [-0.3, -0.25) is 0 Å². The van der Waals surface area contributed by atoms with Crippen LogP contribution < -0.4 is 9.47 Å². The first-order valence-corrected chi connectivity index (χ1v) is 12.3. The molecule has 5 nitrogen and oxygen atoms in total. The molecule has 0 radical (unpaired) electrons. The average Bonchev–Trinajstić information content (AvgIpc) is 2.81. The molecule has 0 aliphatic carbocycles. The van der Waals surface area contributed by atoms with E-state index < -0.39 is 9.84 Å². The van der Waals surface area contributed by atoms with Crippen LogP contribution in [-0.2, 0) is 15.3 Å². The fraction of sp³-hybridized carbons (Fsp3) is 0.143. The fourth-order valence-electron chi connectivity index (χ4n) is 3.32. The summed E-state index contributed by atoms with van der Waals surface area (Å²) in [5, 5.41) is 9.35. The number of sulfone groups is 1. The fourth-order valence-corrected chi connectivity index (χ4v) is 4.58. The standard InChI is InChI=1S/C28H26O5S/c1-28(2,3)20-4-8-22(9-5-20)32-24-12-16-26(17-13-24)34(30,31)27-18-14-25(15-19-27)33-23-10-6-21(29)7-11-23/h4-19,29H,1-3H3. The van der Waals surface area contributed by atoms with Gasteiger partial charge in [0.05, 0.1) is 9.79 Å². The van der Waals surface area contributed by atoms with Crippen molar-refractivity contribution in [2.24, 2.45) is 0 Å². The number of ether oxygens (including phenoxy) is 2. The van der Waals surface area contributed by atoms with E-state index in [9.17, 15) is 13.5 Å². The quantitative estimate of drug-likeness (QED) is 0.322. The molecule has 0 atom stereocenters. The number of phenolic OH excluding ortho intramolecular Hbond substituents is 1. The summed E-state index contributed by atoms with van der Waals surface area (Å²) in [5.74, 6) is 2.42. The van der Waals surface area contributed by atoms with Crippen LogP contribution in [0, 0.1) is 0 Å². The molecule has 0 saturated heterocycles. The van der Waals surface area contributed by atoms with Gasteiger partial charge in [-0.05, 0) is 95.9 Å². The summed E-state index contributed by atoms with van der Waals surface area (Å²) >= 11 is 0. The first-order valence-electron chi connectivity index (χ1n) is 10.8. The minimum absolute atomic E-state index is 0.0599. The van der Waals surface area contributed by atoms with Crippen molar-refractivity contribution >= 4 is 9.84 Å². The lowest BCUT2D eigenvalue weighted by atomic mass is 9.87. The van der Waals surface area contributed by atoms with Gasteiger partial charge in [-0.25, -0.2) is 8.42 Å². The molecule has 34 heavy (non-hydrogen) atoms. The van der Waals surface area contributed by atoms with Crippen LogP contribution in [0.1, 0.15) is 26.3 Å². The molecule has 0 heterocycles. The topological polar surface area (TPSA) is 72.8 Å². The lowest BCUT2D eigenvalue weighted by Gasteiger charge is -2.19. The highest BCUT2D eigenvalue weighted by Gasteiger charge is 2.18. The number of hydrogen-bond donors (Lipinski definition) is 1. The van der Waals surface area contributed by atoms with E-state index >= 15 is 0 Å². The normalized spacial score (nSPS) is 11.7. The molecule has 1 N–H and O–H groups in total. The summed E-state index contributed by atoms with van der Waals surface area (Å²) < 4.78 is 37.6. The molecular formula is C28H26O5S. The number of hydrogen-bond acceptors (Lipinski definition) is 5. The van der Waals surface area contributed by atoms with Crippen molar-refractivity contribution in [2.75, 3.05) is 0 Å². The summed E-state index contributed by atoms with van der Waals surface area (Å²) in [6.07, 6.45) is 0. The van der Waals surface area contributed by atoms with Crippen molar-refractivity contribution in [3.05, 3.63) is 103 Å². The molecule has 0 aliphatic heterocycles. The molecule has 4 aromatic rings. The maximum absolute atomic E-state index is 13.0. The predicted octanol–water partition coefficient (Wildman–Crippen LogP) is 7.11. The Morgan fingerprint density at radius 2 is 0.882 bits per heavy atom. The molecule has 0 aliphatic rings. The Morgan fingerprint density at radius 1 is 0.559 bits per heavy atom. The van der Waals surface area contributed by atoms with E-state index in [1.165, 1.54) is 42.0 Å². The monoisotopic (exact) mass is 474 g/mol. The number of aromatic hydroxyl groups is 1. The van der Waals surface area contributed by atoms with Gasteiger partial charge < -0.3 is 14.6 Å². The van der Waals surface area contributed by atoms with E-state index in [2.05, 4.69) is 20.8 Å². The second-order valence-electron chi connectivity index (χ2n) is 8.92. The minimum atomic E-state index is -3.69. The van der Waals surface area contributed by atoms with Gasteiger partial charge in [-0.2, -0.15) is 0 Å². The Labute approximate surface area is 200 Å². The molecule has 0 fully saturated rings. The molecule has 0 aromatic heterocycles. The lowest BCUT2D eigenvalue weighted by Crippen LogP contribution is -2.10. The molecule has 174 valence electrons. The molecular weight excluding hydrogens is 448 g/mol. The van der Waals surface area contributed by atoms with E-state index in [4.69, 9.17) is 9.47 Å². The van der Waals surface area contributed by atoms with Crippen molar-refractivity contribution in [2.45, 2.75) is 36.0 Å². The van der Waals surface area contributed by atoms with Crippen molar-refractivity contribution in [3.8, 4) is 28.7 Å². The second-order valence-corrected chi connectivity index (χ2v) is 10.9. The highest BCUT2D eigenvalue weighted by molar-refractivity contribution is 7.91. The highest BCUT2D eigenvalue weighted by Crippen LogP contribution is 2.30. The first kappa shape index (κ1) is 23.4. The van der Waals surface area contributed by atoms with Crippen LogP contribution in [0.4, 0.5) is 0 Å². The van der Waals surface area contributed by atoms with Crippen LogP contribution in [0.5, 0.6) is 28.7 Å². The third kappa shape index (κ3) is 5.41. The third-order valence-corrected chi connectivity index (χ3v) is 7.08. The van der Waals surface area contributed by atoms with Gasteiger partial charge in [0.1, 0.15) is 28.7 Å². The molecule has 0 saturated carbocycles. The largest absolute Gasteiger partial charge is 0.508 e. The van der Waals surface area contributed by atoms with Crippen LogP contribution in [0.2, 0.25) is 0 Å². The molecule has 6 heteroatoms. The van der Waals surface area contributed by atoms with Gasteiger partial charge in [0.2, 0.25) is 9.84 Å². The van der Waals surface area contributed by atoms with Gasteiger partial charge >= 0.3 is 0 Å². The Kier molecular flexibility index (Phi) is 6.35. The third-order valence-electron chi connectivity index (χ3n) is 5.30. The zero-order valence-electron chi connectivity index (χ0n) is 19.2. The lowest BCUT2D eigenvalue weighted by molar-refractivity contribution is 0.464. The van der Waals surface area contributed by atoms with E-state index in [0.29, 0.717) is 23.0 Å². The van der Waals surface area contributed by atoms with E-state index in [0.717, 1.165) is 0 Å².